The number of carbonyl (C=O) groups excluding carboxylic acids is 1. The van der Waals surface area contributed by atoms with Gasteiger partial charge < -0.3 is 10.1 Å². The molecule has 0 fully saturated rings. The third kappa shape index (κ3) is 4.05. The Morgan fingerprint density at radius 1 is 1.19 bits per heavy atom. The van der Waals surface area contributed by atoms with Crippen LogP contribution in [-0.2, 0) is 11.3 Å². The molecule has 3 nitrogen and oxygen atoms in total. The monoisotopic (exact) mass is 287 g/mol. The lowest BCUT2D eigenvalue weighted by Gasteiger charge is -2.08. The second-order valence-electron chi connectivity index (χ2n) is 4.73. The third-order valence-corrected chi connectivity index (χ3v) is 3.13. The van der Waals surface area contributed by atoms with Gasteiger partial charge in [-0.15, -0.1) is 0 Å². The molecule has 1 N–H and O–H groups in total. The van der Waals surface area contributed by atoms with Crippen molar-refractivity contribution in [2.75, 3.05) is 11.9 Å². The number of hydrogen-bond donors (Lipinski definition) is 1. The molecule has 21 heavy (non-hydrogen) atoms. The van der Waals surface area contributed by atoms with E-state index in [-0.39, 0.29) is 11.8 Å². The topological polar surface area (TPSA) is 38.3 Å². The van der Waals surface area contributed by atoms with Crippen LogP contribution in [-0.4, -0.2) is 12.6 Å². The quantitative estimate of drug-likeness (QED) is 0.847. The SMILES string of the molecule is CCOC(=O)c1ccc(NCc2ccc(C)c(F)c2)cc1. The average Bonchev–Trinajstić information content (AvgIpc) is 2.49. The van der Waals surface area contributed by atoms with Gasteiger partial charge in [0.15, 0.2) is 0 Å². The van der Waals surface area contributed by atoms with Crippen molar-refractivity contribution in [1.82, 2.24) is 0 Å². The summed E-state index contributed by atoms with van der Waals surface area (Å²) < 4.78 is 18.4. The number of ether oxygens (including phenoxy) is 1. The van der Waals surface area contributed by atoms with Crippen LogP contribution in [0.25, 0.3) is 0 Å². The predicted molar refractivity (Wildman–Crippen MR) is 80.9 cm³/mol. The van der Waals surface area contributed by atoms with Gasteiger partial charge in [-0.2, -0.15) is 0 Å². The molecule has 0 spiro atoms. The summed E-state index contributed by atoms with van der Waals surface area (Å²) in [4.78, 5) is 11.5. The molecule has 0 saturated heterocycles. The Balaban J connectivity index is 1.97. The second-order valence-corrected chi connectivity index (χ2v) is 4.73. The highest BCUT2D eigenvalue weighted by Gasteiger charge is 2.05. The van der Waals surface area contributed by atoms with Crippen LogP contribution in [0.3, 0.4) is 0 Å². The molecule has 0 aliphatic rings. The Bertz CT molecular complexity index is 623. The number of rotatable bonds is 5. The molecule has 0 aromatic heterocycles. The molecule has 2 aromatic rings. The van der Waals surface area contributed by atoms with Gasteiger partial charge in [0.25, 0.3) is 0 Å². The van der Waals surface area contributed by atoms with E-state index in [4.69, 9.17) is 4.74 Å². The van der Waals surface area contributed by atoms with Gasteiger partial charge >= 0.3 is 5.97 Å². The number of anilines is 1. The summed E-state index contributed by atoms with van der Waals surface area (Å²) in [6.07, 6.45) is 0. The van der Waals surface area contributed by atoms with Crippen LogP contribution in [0.2, 0.25) is 0 Å². The molecular formula is C17H18FNO2. The highest BCUT2D eigenvalue weighted by atomic mass is 19.1. The first kappa shape index (κ1) is 15.0. The summed E-state index contributed by atoms with van der Waals surface area (Å²) in [6, 6.07) is 12.2. The maximum Gasteiger partial charge on any atom is 0.338 e. The molecule has 0 bridgehead atoms. The summed E-state index contributed by atoms with van der Waals surface area (Å²) in [6.45, 7) is 4.39. The number of hydrogen-bond acceptors (Lipinski definition) is 3. The van der Waals surface area contributed by atoms with E-state index in [0.717, 1.165) is 11.3 Å². The molecule has 110 valence electrons. The lowest BCUT2D eigenvalue weighted by molar-refractivity contribution is 0.0526. The fourth-order valence-electron chi connectivity index (χ4n) is 1.89. The van der Waals surface area contributed by atoms with Crippen LogP contribution >= 0.6 is 0 Å². The lowest BCUT2D eigenvalue weighted by atomic mass is 10.1. The third-order valence-electron chi connectivity index (χ3n) is 3.13. The Labute approximate surface area is 123 Å². The van der Waals surface area contributed by atoms with Crippen molar-refractivity contribution < 1.29 is 13.9 Å². The molecule has 0 saturated carbocycles. The van der Waals surface area contributed by atoms with Crippen molar-refractivity contribution in [2.24, 2.45) is 0 Å². The van der Waals surface area contributed by atoms with E-state index in [1.165, 1.54) is 6.07 Å². The number of aryl methyl sites for hydroxylation is 1. The van der Waals surface area contributed by atoms with E-state index in [1.807, 2.05) is 6.07 Å². The number of esters is 1. The molecule has 0 aliphatic carbocycles. The number of benzene rings is 2. The minimum absolute atomic E-state index is 0.202. The maximum absolute atomic E-state index is 13.4. The van der Waals surface area contributed by atoms with Gasteiger partial charge in [-0.05, 0) is 55.3 Å². The smallest absolute Gasteiger partial charge is 0.338 e. The van der Waals surface area contributed by atoms with Crippen molar-refractivity contribution >= 4 is 11.7 Å². The van der Waals surface area contributed by atoms with Gasteiger partial charge in [0, 0.05) is 12.2 Å². The van der Waals surface area contributed by atoms with Gasteiger partial charge in [-0.1, -0.05) is 12.1 Å². The van der Waals surface area contributed by atoms with Gasteiger partial charge in [0.2, 0.25) is 0 Å². The van der Waals surface area contributed by atoms with Crippen LogP contribution in [0.4, 0.5) is 10.1 Å². The molecular weight excluding hydrogens is 269 g/mol. The van der Waals surface area contributed by atoms with Crippen LogP contribution < -0.4 is 5.32 Å². The maximum atomic E-state index is 13.4. The molecule has 4 heteroatoms. The van der Waals surface area contributed by atoms with Crippen molar-refractivity contribution in [3.63, 3.8) is 0 Å². The average molecular weight is 287 g/mol. The summed E-state index contributed by atoms with van der Waals surface area (Å²) in [5, 5.41) is 3.19. The van der Waals surface area contributed by atoms with E-state index < -0.39 is 0 Å². The number of carbonyl (C=O) groups is 1. The van der Waals surface area contributed by atoms with Crippen molar-refractivity contribution in [3.05, 3.63) is 65.0 Å². The zero-order valence-electron chi connectivity index (χ0n) is 12.2. The van der Waals surface area contributed by atoms with Gasteiger partial charge in [0.05, 0.1) is 12.2 Å². The molecule has 0 radical (unpaired) electrons. The van der Waals surface area contributed by atoms with Crippen LogP contribution in [0.15, 0.2) is 42.5 Å². The van der Waals surface area contributed by atoms with Crippen molar-refractivity contribution in [3.8, 4) is 0 Å². The largest absolute Gasteiger partial charge is 0.462 e. The van der Waals surface area contributed by atoms with Crippen LogP contribution in [0.1, 0.15) is 28.4 Å². The van der Waals surface area contributed by atoms with Gasteiger partial charge in [-0.3, -0.25) is 0 Å². The normalized spacial score (nSPS) is 10.2. The van der Waals surface area contributed by atoms with Crippen LogP contribution in [0.5, 0.6) is 0 Å². The number of halogens is 1. The summed E-state index contributed by atoms with van der Waals surface area (Å²) >= 11 is 0. The molecule has 2 rings (SSSR count). The molecule has 0 aliphatic heterocycles. The summed E-state index contributed by atoms with van der Waals surface area (Å²) in [7, 11) is 0. The second kappa shape index (κ2) is 6.88. The first-order chi connectivity index (χ1) is 10.1. The fraction of sp³-hybridized carbons (Fsp3) is 0.235. The molecule has 0 amide bonds. The molecule has 0 atom stereocenters. The Morgan fingerprint density at radius 3 is 2.52 bits per heavy atom. The van der Waals surface area contributed by atoms with E-state index in [0.29, 0.717) is 24.3 Å². The standard InChI is InChI=1S/C17H18FNO2/c1-3-21-17(20)14-6-8-15(9-7-14)19-11-13-5-4-12(2)16(18)10-13/h4-10,19H,3,11H2,1-2H3. The summed E-state index contributed by atoms with van der Waals surface area (Å²) in [5.41, 5.74) is 2.89. The Kier molecular flexibility index (Phi) is 4.93. The molecule has 2 aromatic carbocycles. The van der Waals surface area contributed by atoms with E-state index in [1.54, 1.807) is 44.2 Å². The first-order valence-corrected chi connectivity index (χ1v) is 6.86. The number of nitrogens with one attached hydrogen (secondary N) is 1. The zero-order chi connectivity index (χ0) is 15.2. The minimum atomic E-state index is -0.329. The highest BCUT2D eigenvalue weighted by molar-refractivity contribution is 5.89. The van der Waals surface area contributed by atoms with Crippen molar-refractivity contribution in [2.45, 2.75) is 20.4 Å². The van der Waals surface area contributed by atoms with Gasteiger partial charge in [-0.25, -0.2) is 9.18 Å². The highest BCUT2D eigenvalue weighted by Crippen LogP contribution is 2.14. The predicted octanol–water partition coefficient (Wildman–Crippen LogP) is 3.92. The zero-order valence-corrected chi connectivity index (χ0v) is 12.2. The lowest BCUT2D eigenvalue weighted by Crippen LogP contribution is -2.05. The van der Waals surface area contributed by atoms with E-state index >= 15 is 0 Å². The van der Waals surface area contributed by atoms with E-state index in [2.05, 4.69) is 5.32 Å². The molecule has 0 unspecified atom stereocenters. The molecule has 0 heterocycles. The first-order valence-electron chi connectivity index (χ1n) is 6.86. The van der Waals surface area contributed by atoms with Crippen molar-refractivity contribution in [1.29, 1.82) is 0 Å². The summed E-state index contributed by atoms with van der Waals surface area (Å²) in [5.74, 6) is -0.531. The fourth-order valence-corrected chi connectivity index (χ4v) is 1.89. The minimum Gasteiger partial charge on any atom is -0.462 e. The van der Waals surface area contributed by atoms with Crippen LogP contribution in [0, 0.1) is 12.7 Å². The Morgan fingerprint density at radius 2 is 1.90 bits per heavy atom. The van der Waals surface area contributed by atoms with E-state index in [9.17, 15) is 9.18 Å². The Hall–Kier alpha value is -2.36. The van der Waals surface area contributed by atoms with Gasteiger partial charge in [0.1, 0.15) is 5.82 Å².